The minimum absolute atomic E-state index is 0.196. The normalized spacial score (nSPS) is 10.3. The van der Waals surface area contributed by atoms with E-state index in [1.54, 1.807) is 43.4 Å². The molecular formula is C33H35N7O6. The smallest absolute Gasteiger partial charge is 0.261 e. The number of aryl methyl sites for hydroxylation is 2. The van der Waals surface area contributed by atoms with E-state index in [1.807, 2.05) is 26.0 Å². The summed E-state index contributed by atoms with van der Waals surface area (Å²) < 4.78 is 16.0. The van der Waals surface area contributed by atoms with Crippen LogP contribution in [0.4, 0.5) is 34.5 Å². The highest BCUT2D eigenvalue weighted by atomic mass is 16.5. The fourth-order valence-corrected chi connectivity index (χ4v) is 4.39. The van der Waals surface area contributed by atoms with Gasteiger partial charge in [0.15, 0.2) is 11.5 Å². The summed E-state index contributed by atoms with van der Waals surface area (Å²) in [5.41, 5.74) is 4.28. The number of carbonyl (C=O) groups is 3. The molecule has 0 spiro atoms. The molecule has 3 amide bonds. The molecule has 0 atom stereocenters. The van der Waals surface area contributed by atoms with E-state index in [0.717, 1.165) is 11.1 Å². The van der Waals surface area contributed by atoms with Crippen LogP contribution in [0, 0.1) is 13.8 Å². The first kappa shape index (κ1) is 32.8. The number of aromatic nitrogens is 2. The summed E-state index contributed by atoms with van der Waals surface area (Å²) in [6.45, 7) is 7.17. The molecule has 3 aromatic carbocycles. The van der Waals surface area contributed by atoms with Crippen LogP contribution in [0.3, 0.4) is 0 Å². The fraction of sp³-hybridized carbons (Fsp3) is 0.182. The number of amides is 3. The fourth-order valence-electron chi connectivity index (χ4n) is 4.39. The minimum Gasteiger partial charge on any atom is -0.493 e. The van der Waals surface area contributed by atoms with Gasteiger partial charge in [0.1, 0.15) is 11.4 Å². The second-order valence-corrected chi connectivity index (χ2v) is 9.91. The monoisotopic (exact) mass is 625 g/mol. The SMILES string of the molecule is C=CC(=O)Nc1cc(Nc2ncc(C(=O)Nc3cc(NC(=O)c4cc(OC)c(OC)c(OC)c4)ccc3C)c(NC)n2)ccc1C. The van der Waals surface area contributed by atoms with Crippen LogP contribution < -0.4 is 40.8 Å². The average Bonchev–Trinajstić information content (AvgIpc) is 3.06. The summed E-state index contributed by atoms with van der Waals surface area (Å²) in [5.74, 6) is 0.363. The molecule has 46 heavy (non-hydrogen) atoms. The molecule has 0 unspecified atom stereocenters. The number of carbonyl (C=O) groups excluding carboxylic acids is 3. The van der Waals surface area contributed by atoms with Crippen LogP contribution >= 0.6 is 0 Å². The molecule has 0 saturated heterocycles. The van der Waals surface area contributed by atoms with Crippen molar-refractivity contribution in [2.24, 2.45) is 0 Å². The van der Waals surface area contributed by atoms with Crippen LogP contribution in [0.15, 0.2) is 67.4 Å². The van der Waals surface area contributed by atoms with Gasteiger partial charge >= 0.3 is 0 Å². The first-order chi connectivity index (χ1) is 22.1. The summed E-state index contributed by atoms with van der Waals surface area (Å²) in [5, 5.41) is 14.5. The van der Waals surface area contributed by atoms with E-state index < -0.39 is 11.8 Å². The van der Waals surface area contributed by atoms with Gasteiger partial charge in [0.05, 0.1) is 21.3 Å². The van der Waals surface area contributed by atoms with Crippen molar-refractivity contribution in [3.63, 3.8) is 0 Å². The molecule has 0 aliphatic heterocycles. The van der Waals surface area contributed by atoms with E-state index in [9.17, 15) is 14.4 Å². The van der Waals surface area contributed by atoms with E-state index >= 15 is 0 Å². The average molecular weight is 626 g/mol. The molecule has 0 fully saturated rings. The van der Waals surface area contributed by atoms with Crippen LogP contribution in [0.25, 0.3) is 0 Å². The van der Waals surface area contributed by atoms with Crippen molar-refractivity contribution in [3.8, 4) is 17.2 Å². The van der Waals surface area contributed by atoms with E-state index in [4.69, 9.17) is 14.2 Å². The number of ether oxygens (including phenoxy) is 3. The molecule has 4 rings (SSSR count). The number of nitrogens with one attached hydrogen (secondary N) is 5. The molecule has 13 nitrogen and oxygen atoms in total. The molecule has 0 bridgehead atoms. The van der Waals surface area contributed by atoms with Crippen molar-refractivity contribution >= 4 is 52.2 Å². The van der Waals surface area contributed by atoms with Gasteiger partial charge in [0, 0.05) is 41.6 Å². The first-order valence-corrected chi connectivity index (χ1v) is 14.0. The third-order valence-corrected chi connectivity index (χ3v) is 6.88. The molecule has 0 saturated carbocycles. The van der Waals surface area contributed by atoms with Crippen LogP contribution in [0.5, 0.6) is 17.2 Å². The van der Waals surface area contributed by atoms with Crippen LogP contribution in [0.2, 0.25) is 0 Å². The quantitative estimate of drug-likeness (QED) is 0.126. The third-order valence-electron chi connectivity index (χ3n) is 6.88. The van der Waals surface area contributed by atoms with Crippen LogP contribution in [0.1, 0.15) is 31.8 Å². The standard InChI is InChI=1S/C33H35N7O6/c1-8-28(41)38-24-16-22(12-10-18(24)2)37-33-35-17-23(30(34-4)40-33)32(43)39-25-15-21(11-9-19(25)3)36-31(42)20-13-26(44-5)29(46-7)27(14-20)45-6/h8-17H,1H2,2-7H3,(H,36,42)(H,38,41)(H,39,43)(H2,34,35,37,40). The Balaban J connectivity index is 1.51. The number of hydrogen-bond donors (Lipinski definition) is 5. The molecule has 0 aliphatic rings. The number of nitrogens with zero attached hydrogens (tertiary/aromatic N) is 2. The largest absolute Gasteiger partial charge is 0.493 e. The zero-order valence-corrected chi connectivity index (χ0v) is 26.3. The highest BCUT2D eigenvalue weighted by molar-refractivity contribution is 6.09. The maximum atomic E-state index is 13.4. The van der Waals surface area contributed by atoms with E-state index in [2.05, 4.69) is 43.1 Å². The van der Waals surface area contributed by atoms with Crippen LogP contribution in [-0.4, -0.2) is 56.1 Å². The second-order valence-electron chi connectivity index (χ2n) is 9.91. The Morgan fingerprint density at radius 3 is 1.98 bits per heavy atom. The molecule has 0 radical (unpaired) electrons. The molecular weight excluding hydrogens is 590 g/mol. The zero-order chi connectivity index (χ0) is 33.4. The highest BCUT2D eigenvalue weighted by Gasteiger charge is 2.19. The maximum absolute atomic E-state index is 13.4. The predicted octanol–water partition coefficient (Wildman–Crippen LogP) is 5.53. The van der Waals surface area contributed by atoms with E-state index in [0.29, 0.717) is 40.0 Å². The van der Waals surface area contributed by atoms with Gasteiger partial charge in [-0.05, 0) is 67.4 Å². The van der Waals surface area contributed by atoms with E-state index in [1.165, 1.54) is 33.6 Å². The molecule has 1 aromatic heterocycles. The van der Waals surface area contributed by atoms with Crippen LogP contribution in [-0.2, 0) is 4.79 Å². The highest BCUT2D eigenvalue weighted by Crippen LogP contribution is 2.38. The molecule has 5 N–H and O–H groups in total. The van der Waals surface area contributed by atoms with Gasteiger partial charge in [-0.1, -0.05) is 18.7 Å². The Bertz CT molecular complexity index is 1780. The zero-order valence-electron chi connectivity index (χ0n) is 26.3. The Kier molecular flexibility index (Phi) is 10.4. The lowest BCUT2D eigenvalue weighted by molar-refractivity contribution is -0.111. The van der Waals surface area contributed by atoms with Crippen molar-refractivity contribution in [3.05, 3.63) is 89.6 Å². The summed E-state index contributed by atoms with van der Waals surface area (Å²) >= 11 is 0. The molecule has 238 valence electrons. The number of anilines is 6. The summed E-state index contributed by atoms with van der Waals surface area (Å²) in [4.78, 5) is 47.0. The topological polar surface area (TPSA) is 165 Å². The lowest BCUT2D eigenvalue weighted by Crippen LogP contribution is -2.17. The lowest BCUT2D eigenvalue weighted by atomic mass is 10.1. The van der Waals surface area contributed by atoms with Gasteiger partial charge in [-0.3, -0.25) is 14.4 Å². The van der Waals surface area contributed by atoms with Crippen molar-refractivity contribution in [1.29, 1.82) is 0 Å². The summed E-state index contributed by atoms with van der Waals surface area (Å²) in [7, 11) is 6.06. The lowest BCUT2D eigenvalue weighted by Gasteiger charge is -2.15. The minimum atomic E-state index is -0.461. The summed E-state index contributed by atoms with van der Waals surface area (Å²) in [6.07, 6.45) is 2.59. The molecule has 4 aromatic rings. The van der Waals surface area contributed by atoms with Gasteiger partial charge < -0.3 is 40.8 Å². The van der Waals surface area contributed by atoms with Gasteiger partial charge in [0.2, 0.25) is 17.6 Å². The number of benzene rings is 3. The van der Waals surface area contributed by atoms with Gasteiger partial charge in [-0.25, -0.2) is 4.98 Å². The van der Waals surface area contributed by atoms with Gasteiger partial charge in [-0.2, -0.15) is 4.98 Å². The Morgan fingerprint density at radius 2 is 1.39 bits per heavy atom. The number of rotatable bonds is 12. The maximum Gasteiger partial charge on any atom is 0.261 e. The molecule has 0 aliphatic carbocycles. The van der Waals surface area contributed by atoms with Crippen molar-refractivity contribution in [2.45, 2.75) is 13.8 Å². The predicted molar refractivity (Wildman–Crippen MR) is 178 cm³/mol. The second kappa shape index (κ2) is 14.6. The Morgan fingerprint density at radius 1 is 0.783 bits per heavy atom. The van der Waals surface area contributed by atoms with Gasteiger partial charge in [-0.15, -0.1) is 0 Å². The van der Waals surface area contributed by atoms with Crippen molar-refractivity contribution in [2.75, 3.05) is 55.0 Å². The summed E-state index contributed by atoms with van der Waals surface area (Å²) in [6, 6.07) is 13.6. The molecule has 1 heterocycles. The van der Waals surface area contributed by atoms with E-state index in [-0.39, 0.29) is 28.8 Å². The Hall–Kier alpha value is -6.11. The number of methoxy groups -OCH3 is 3. The number of hydrogen-bond acceptors (Lipinski definition) is 10. The molecule has 13 heteroatoms. The third kappa shape index (κ3) is 7.50. The Labute approximate surface area is 266 Å². The van der Waals surface area contributed by atoms with Crippen molar-refractivity contribution < 1.29 is 28.6 Å². The first-order valence-electron chi connectivity index (χ1n) is 14.0. The van der Waals surface area contributed by atoms with Gasteiger partial charge in [0.25, 0.3) is 11.8 Å². The van der Waals surface area contributed by atoms with Crippen molar-refractivity contribution in [1.82, 2.24) is 9.97 Å².